The molecule has 0 bridgehead atoms. The number of carboxylic acids is 1. The lowest BCUT2D eigenvalue weighted by Crippen LogP contribution is -2.17. The second-order valence-electron chi connectivity index (χ2n) is 3.19. The smallest absolute Gasteiger partial charge is 0.306 e. The van der Waals surface area contributed by atoms with Crippen molar-refractivity contribution in [2.24, 2.45) is 5.92 Å². The van der Waals surface area contributed by atoms with Gasteiger partial charge in [-0.2, -0.15) is 0 Å². The fourth-order valence-corrected chi connectivity index (χ4v) is 1.32. The van der Waals surface area contributed by atoms with Gasteiger partial charge in [-0.25, -0.2) is 9.97 Å². The summed E-state index contributed by atoms with van der Waals surface area (Å²) in [4.78, 5) is 18.9. The zero-order valence-corrected chi connectivity index (χ0v) is 8.18. The molecule has 76 valence electrons. The summed E-state index contributed by atoms with van der Waals surface area (Å²) in [5.41, 5.74) is 0. The van der Waals surface area contributed by atoms with Crippen LogP contribution < -0.4 is 0 Å². The van der Waals surface area contributed by atoms with E-state index in [2.05, 4.69) is 9.97 Å². The zero-order chi connectivity index (χ0) is 10.4. The molecule has 0 aromatic carbocycles. The number of hydrogen-bond donors (Lipinski definition) is 1. The molecule has 4 nitrogen and oxygen atoms in total. The highest BCUT2D eigenvalue weighted by Gasteiger charge is 2.17. The predicted octanol–water partition coefficient (Wildman–Crippen LogP) is 1.52. The van der Waals surface area contributed by atoms with E-state index in [-0.39, 0.29) is 5.92 Å². The normalized spacial score (nSPS) is 12.4. The highest BCUT2D eigenvalue weighted by atomic mass is 16.4. The predicted molar refractivity (Wildman–Crippen MR) is 51.8 cm³/mol. The molecule has 0 saturated carbocycles. The summed E-state index contributed by atoms with van der Waals surface area (Å²) in [5.74, 6) is -0.518. The molecule has 0 aliphatic rings. The monoisotopic (exact) mass is 194 g/mol. The number of hydrogen-bond acceptors (Lipinski definition) is 3. The summed E-state index contributed by atoms with van der Waals surface area (Å²) in [6, 6.07) is 1.72. The van der Waals surface area contributed by atoms with Crippen LogP contribution in [0.1, 0.15) is 25.6 Å². The van der Waals surface area contributed by atoms with Crippen LogP contribution in [0.25, 0.3) is 0 Å². The average molecular weight is 194 g/mol. The van der Waals surface area contributed by atoms with Gasteiger partial charge in [0.1, 0.15) is 5.82 Å². The Morgan fingerprint density at radius 3 is 2.64 bits per heavy atom. The first-order valence-corrected chi connectivity index (χ1v) is 4.72. The topological polar surface area (TPSA) is 63.1 Å². The van der Waals surface area contributed by atoms with Gasteiger partial charge in [0.25, 0.3) is 0 Å². The van der Waals surface area contributed by atoms with Gasteiger partial charge in [0.15, 0.2) is 0 Å². The Kier molecular flexibility index (Phi) is 4.04. The van der Waals surface area contributed by atoms with Crippen molar-refractivity contribution in [2.75, 3.05) is 0 Å². The molecule has 1 N–H and O–H groups in total. The molecule has 1 atom stereocenters. The quantitative estimate of drug-likeness (QED) is 0.771. The highest BCUT2D eigenvalue weighted by Crippen LogP contribution is 2.11. The highest BCUT2D eigenvalue weighted by molar-refractivity contribution is 5.70. The van der Waals surface area contributed by atoms with Crippen LogP contribution in [0.4, 0.5) is 0 Å². The third-order valence-corrected chi connectivity index (χ3v) is 2.03. The van der Waals surface area contributed by atoms with E-state index >= 15 is 0 Å². The first-order valence-electron chi connectivity index (χ1n) is 4.72. The van der Waals surface area contributed by atoms with Gasteiger partial charge < -0.3 is 5.11 Å². The van der Waals surface area contributed by atoms with Crippen molar-refractivity contribution in [1.82, 2.24) is 9.97 Å². The number of carbonyl (C=O) groups is 1. The summed E-state index contributed by atoms with van der Waals surface area (Å²) in [6.07, 6.45) is 5.22. The van der Waals surface area contributed by atoms with Gasteiger partial charge in [0.2, 0.25) is 0 Å². The Hall–Kier alpha value is -1.45. The van der Waals surface area contributed by atoms with E-state index in [1.165, 1.54) is 0 Å². The van der Waals surface area contributed by atoms with Gasteiger partial charge >= 0.3 is 5.97 Å². The zero-order valence-electron chi connectivity index (χ0n) is 8.18. The molecule has 0 amide bonds. The van der Waals surface area contributed by atoms with Crippen molar-refractivity contribution in [3.63, 3.8) is 0 Å². The van der Waals surface area contributed by atoms with Crippen LogP contribution in [0.5, 0.6) is 0 Å². The summed E-state index contributed by atoms with van der Waals surface area (Å²) in [7, 11) is 0. The Morgan fingerprint density at radius 1 is 1.50 bits per heavy atom. The molecule has 0 spiro atoms. The lowest BCUT2D eigenvalue weighted by molar-refractivity contribution is -0.142. The molecule has 1 aromatic rings. The molecule has 1 unspecified atom stereocenters. The van der Waals surface area contributed by atoms with Crippen LogP contribution in [-0.4, -0.2) is 21.0 Å². The van der Waals surface area contributed by atoms with E-state index in [4.69, 9.17) is 5.11 Å². The van der Waals surface area contributed by atoms with Crippen molar-refractivity contribution >= 4 is 5.97 Å². The number of aliphatic carboxylic acids is 1. The fraction of sp³-hybridized carbons (Fsp3) is 0.500. The Balaban J connectivity index is 2.60. The molecule has 1 rings (SSSR count). The maximum atomic E-state index is 10.8. The Morgan fingerprint density at radius 2 is 2.14 bits per heavy atom. The fourth-order valence-electron chi connectivity index (χ4n) is 1.32. The van der Waals surface area contributed by atoms with Gasteiger partial charge in [-0.3, -0.25) is 4.79 Å². The Labute approximate surface area is 83.0 Å². The molecule has 1 aromatic heterocycles. The number of rotatable bonds is 5. The van der Waals surface area contributed by atoms with E-state index in [0.717, 1.165) is 6.42 Å². The Bertz CT molecular complexity index is 287. The molecule has 1 heterocycles. The lowest BCUT2D eigenvalue weighted by atomic mass is 10.00. The molecule has 0 fully saturated rings. The first kappa shape index (κ1) is 10.6. The lowest BCUT2D eigenvalue weighted by Gasteiger charge is -2.08. The van der Waals surface area contributed by atoms with E-state index in [0.29, 0.717) is 18.7 Å². The van der Waals surface area contributed by atoms with Crippen LogP contribution in [0.15, 0.2) is 18.5 Å². The van der Waals surface area contributed by atoms with Crippen LogP contribution in [0, 0.1) is 5.92 Å². The van der Waals surface area contributed by atoms with Crippen molar-refractivity contribution < 1.29 is 9.90 Å². The van der Waals surface area contributed by atoms with Crippen molar-refractivity contribution in [1.29, 1.82) is 0 Å². The van der Waals surface area contributed by atoms with Gasteiger partial charge in [0.05, 0.1) is 5.92 Å². The third-order valence-electron chi connectivity index (χ3n) is 2.03. The van der Waals surface area contributed by atoms with E-state index in [1.807, 2.05) is 6.92 Å². The summed E-state index contributed by atoms with van der Waals surface area (Å²) in [6.45, 7) is 1.97. The largest absolute Gasteiger partial charge is 0.481 e. The maximum absolute atomic E-state index is 10.8. The molecule has 0 saturated heterocycles. The van der Waals surface area contributed by atoms with Crippen LogP contribution in [0.3, 0.4) is 0 Å². The molecular formula is C10H14N2O2. The van der Waals surface area contributed by atoms with E-state index < -0.39 is 5.97 Å². The van der Waals surface area contributed by atoms with Gasteiger partial charge in [-0.15, -0.1) is 0 Å². The minimum atomic E-state index is -0.765. The molecular weight excluding hydrogens is 180 g/mol. The van der Waals surface area contributed by atoms with E-state index in [1.54, 1.807) is 18.5 Å². The standard InChI is InChI=1S/C10H14N2O2/c1-2-4-8(10(13)14)7-9-11-5-3-6-12-9/h3,5-6,8H,2,4,7H2,1H3,(H,13,14). The summed E-state index contributed by atoms with van der Waals surface area (Å²) >= 11 is 0. The summed E-state index contributed by atoms with van der Waals surface area (Å²) in [5, 5.41) is 8.91. The number of nitrogens with zero attached hydrogens (tertiary/aromatic N) is 2. The molecule has 0 aliphatic carbocycles. The maximum Gasteiger partial charge on any atom is 0.306 e. The molecule has 14 heavy (non-hydrogen) atoms. The number of carboxylic acid groups (broad SMARTS) is 1. The van der Waals surface area contributed by atoms with Gasteiger partial charge in [0, 0.05) is 18.8 Å². The van der Waals surface area contributed by atoms with Crippen LogP contribution in [0.2, 0.25) is 0 Å². The third kappa shape index (κ3) is 3.12. The van der Waals surface area contributed by atoms with Crippen molar-refractivity contribution in [3.05, 3.63) is 24.3 Å². The van der Waals surface area contributed by atoms with Crippen molar-refractivity contribution in [3.8, 4) is 0 Å². The van der Waals surface area contributed by atoms with Crippen molar-refractivity contribution in [2.45, 2.75) is 26.2 Å². The second-order valence-corrected chi connectivity index (χ2v) is 3.19. The molecule has 0 radical (unpaired) electrons. The average Bonchev–Trinajstić information content (AvgIpc) is 2.18. The summed E-state index contributed by atoms with van der Waals surface area (Å²) < 4.78 is 0. The van der Waals surface area contributed by atoms with Crippen LogP contribution >= 0.6 is 0 Å². The van der Waals surface area contributed by atoms with Gasteiger partial charge in [-0.1, -0.05) is 13.3 Å². The van der Waals surface area contributed by atoms with Crippen LogP contribution in [-0.2, 0) is 11.2 Å². The molecule has 0 aliphatic heterocycles. The SMILES string of the molecule is CCCC(Cc1ncccn1)C(=O)O. The second kappa shape index (κ2) is 5.32. The van der Waals surface area contributed by atoms with E-state index in [9.17, 15) is 4.79 Å². The first-order chi connectivity index (χ1) is 6.74. The van der Waals surface area contributed by atoms with Gasteiger partial charge in [-0.05, 0) is 12.5 Å². The molecule has 4 heteroatoms. The number of aromatic nitrogens is 2. The minimum Gasteiger partial charge on any atom is -0.481 e. The minimum absolute atomic E-state index is 0.359.